The van der Waals surface area contributed by atoms with Crippen LogP contribution in [0.1, 0.15) is 45.6 Å². The zero-order chi connectivity index (χ0) is 16.5. The lowest BCUT2D eigenvalue weighted by Gasteiger charge is -2.13. The van der Waals surface area contributed by atoms with Gasteiger partial charge in [0.2, 0.25) is 0 Å². The third kappa shape index (κ3) is 6.33. The molecule has 0 radical (unpaired) electrons. The summed E-state index contributed by atoms with van der Waals surface area (Å²) in [4.78, 5) is 14.4. The molecule has 1 aromatic carbocycles. The standard InChI is InChI=1S/C19H29NO2/c1-6-7-12-22-17-10-8-16(9-11-17)18(14-20(4)5)19(21)13-15(2)3/h8-11,14-15H,6-7,12-13H2,1-5H3/b18-14+. The van der Waals surface area contributed by atoms with Gasteiger partial charge in [-0.25, -0.2) is 0 Å². The third-order valence-corrected chi connectivity index (χ3v) is 3.21. The number of nitrogens with zero attached hydrogens (tertiary/aromatic N) is 1. The number of ether oxygens (including phenoxy) is 1. The Morgan fingerprint density at radius 2 is 1.86 bits per heavy atom. The highest BCUT2D eigenvalue weighted by molar-refractivity contribution is 6.20. The molecule has 3 heteroatoms. The van der Waals surface area contributed by atoms with Crippen molar-refractivity contribution in [2.24, 2.45) is 5.92 Å². The van der Waals surface area contributed by atoms with E-state index >= 15 is 0 Å². The Morgan fingerprint density at radius 3 is 2.36 bits per heavy atom. The molecule has 0 N–H and O–H groups in total. The van der Waals surface area contributed by atoms with E-state index in [4.69, 9.17) is 4.74 Å². The summed E-state index contributed by atoms with van der Waals surface area (Å²) >= 11 is 0. The van der Waals surface area contributed by atoms with Crippen LogP contribution in [0.25, 0.3) is 5.57 Å². The highest BCUT2D eigenvalue weighted by Crippen LogP contribution is 2.22. The summed E-state index contributed by atoms with van der Waals surface area (Å²) in [5.41, 5.74) is 1.71. The summed E-state index contributed by atoms with van der Waals surface area (Å²) in [7, 11) is 3.87. The average molecular weight is 303 g/mol. The van der Waals surface area contributed by atoms with Crippen molar-refractivity contribution >= 4 is 11.4 Å². The van der Waals surface area contributed by atoms with E-state index < -0.39 is 0 Å². The van der Waals surface area contributed by atoms with E-state index in [9.17, 15) is 4.79 Å². The molecule has 0 fully saturated rings. The van der Waals surface area contributed by atoms with Crippen LogP contribution in [0.5, 0.6) is 5.75 Å². The second-order valence-corrected chi connectivity index (χ2v) is 6.25. The molecule has 0 bridgehead atoms. The lowest BCUT2D eigenvalue weighted by molar-refractivity contribution is -0.114. The number of carbonyl (C=O) groups excluding carboxylic acids is 1. The van der Waals surface area contributed by atoms with Crippen LogP contribution in [0, 0.1) is 5.92 Å². The van der Waals surface area contributed by atoms with Gasteiger partial charge in [-0.05, 0) is 30.0 Å². The van der Waals surface area contributed by atoms with Crippen LogP contribution in [0.2, 0.25) is 0 Å². The Morgan fingerprint density at radius 1 is 1.23 bits per heavy atom. The van der Waals surface area contributed by atoms with Crippen molar-refractivity contribution < 1.29 is 9.53 Å². The Bertz CT molecular complexity index is 487. The van der Waals surface area contributed by atoms with E-state index in [1.54, 1.807) is 0 Å². The molecule has 0 spiro atoms. The molecule has 0 heterocycles. The maximum Gasteiger partial charge on any atom is 0.165 e. The Hall–Kier alpha value is -1.77. The molecule has 0 atom stereocenters. The van der Waals surface area contributed by atoms with Crippen LogP contribution in [-0.2, 0) is 4.79 Å². The molecule has 0 saturated carbocycles. The first-order valence-electron chi connectivity index (χ1n) is 8.08. The summed E-state index contributed by atoms with van der Waals surface area (Å²) in [6.07, 6.45) is 4.64. The number of benzene rings is 1. The van der Waals surface area contributed by atoms with E-state index in [0.29, 0.717) is 12.3 Å². The largest absolute Gasteiger partial charge is 0.494 e. The lowest BCUT2D eigenvalue weighted by atomic mass is 9.96. The molecule has 0 aromatic heterocycles. The number of hydrogen-bond donors (Lipinski definition) is 0. The van der Waals surface area contributed by atoms with Crippen LogP contribution < -0.4 is 4.74 Å². The smallest absolute Gasteiger partial charge is 0.165 e. The van der Waals surface area contributed by atoms with Gasteiger partial charge in [-0.15, -0.1) is 0 Å². The van der Waals surface area contributed by atoms with Gasteiger partial charge >= 0.3 is 0 Å². The van der Waals surface area contributed by atoms with Gasteiger partial charge in [-0.3, -0.25) is 4.79 Å². The molecule has 122 valence electrons. The first-order valence-corrected chi connectivity index (χ1v) is 8.08. The molecule has 0 aliphatic carbocycles. The first-order chi connectivity index (χ1) is 10.4. The fourth-order valence-electron chi connectivity index (χ4n) is 2.11. The van der Waals surface area contributed by atoms with Gasteiger partial charge in [0.15, 0.2) is 5.78 Å². The topological polar surface area (TPSA) is 29.5 Å². The minimum Gasteiger partial charge on any atom is -0.494 e. The molecule has 0 aliphatic heterocycles. The molecule has 0 amide bonds. The van der Waals surface area contributed by atoms with Gasteiger partial charge in [0.25, 0.3) is 0 Å². The fraction of sp³-hybridized carbons (Fsp3) is 0.526. The molecule has 0 unspecified atom stereocenters. The van der Waals surface area contributed by atoms with Crippen molar-refractivity contribution in [1.82, 2.24) is 4.90 Å². The molecule has 0 aliphatic rings. The average Bonchev–Trinajstić information content (AvgIpc) is 2.45. The minimum atomic E-state index is 0.184. The number of Topliss-reactive ketones (excluding diaryl/α,β-unsaturated/α-hetero) is 1. The molecule has 22 heavy (non-hydrogen) atoms. The number of allylic oxidation sites excluding steroid dienone is 1. The Kier molecular flexibility index (Phi) is 7.72. The zero-order valence-corrected chi connectivity index (χ0v) is 14.6. The van der Waals surface area contributed by atoms with Gasteiger partial charge < -0.3 is 9.64 Å². The zero-order valence-electron chi connectivity index (χ0n) is 14.6. The van der Waals surface area contributed by atoms with E-state index in [1.165, 1.54) is 0 Å². The van der Waals surface area contributed by atoms with Crippen molar-refractivity contribution in [3.63, 3.8) is 0 Å². The van der Waals surface area contributed by atoms with Gasteiger partial charge in [0, 0.05) is 32.3 Å². The lowest BCUT2D eigenvalue weighted by Crippen LogP contribution is -2.10. The van der Waals surface area contributed by atoms with Crippen molar-refractivity contribution in [2.45, 2.75) is 40.0 Å². The summed E-state index contributed by atoms with van der Waals surface area (Å²) in [6.45, 7) is 7.01. The maximum atomic E-state index is 12.5. The molecule has 1 rings (SSSR count). The van der Waals surface area contributed by atoms with Gasteiger partial charge in [0.05, 0.1) is 6.61 Å². The van der Waals surface area contributed by atoms with Crippen LogP contribution in [0.15, 0.2) is 30.5 Å². The molecule has 0 saturated heterocycles. The highest BCUT2D eigenvalue weighted by Gasteiger charge is 2.14. The molecule has 1 aromatic rings. The first kappa shape index (κ1) is 18.3. The van der Waals surface area contributed by atoms with Gasteiger partial charge in [0.1, 0.15) is 5.75 Å². The number of ketones is 1. The quantitative estimate of drug-likeness (QED) is 0.501. The van der Waals surface area contributed by atoms with Crippen molar-refractivity contribution in [1.29, 1.82) is 0 Å². The molecular formula is C19H29NO2. The van der Waals surface area contributed by atoms with E-state index in [0.717, 1.165) is 36.3 Å². The van der Waals surface area contributed by atoms with Crippen molar-refractivity contribution in [3.05, 3.63) is 36.0 Å². The number of carbonyl (C=O) groups is 1. The molecule has 3 nitrogen and oxygen atoms in total. The summed E-state index contributed by atoms with van der Waals surface area (Å²) < 4.78 is 5.67. The van der Waals surface area contributed by atoms with E-state index in [-0.39, 0.29) is 5.78 Å². The number of hydrogen-bond acceptors (Lipinski definition) is 3. The summed E-state index contributed by atoms with van der Waals surface area (Å²) in [6, 6.07) is 7.82. The Balaban J connectivity index is 2.89. The SMILES string of the molecule is CCCCOc1ccc(/C(=C\N(C)C)C(=O)CC(C)C)cc1. The second kappa shape index (κ2) is 9.29. The predicted octanol–water partition coefficient (Wildman–Crippen LogP) is 4.38. The Labute approximate surface area is 135 Å². The minimum absolute atomic E-state index is 0.184. The monoisotopic (exact) mass is 303 g/mol. The van der Waals surface area contributed by atoms with E-state index in [2.05, 4.69) is 20.8 Å². The predicted molar refractivity (Wildman–Crippen MR) is 93.0 cm³/mol. The number of rotatable bonds is 9. The van der Waals surface area contributed by atoms with Crippen LogP contribution >= 0.6 is 0 Å². The fourth-order valence-corrected chi connectivity index (χ4v) is 2.11. The third-order valence-electron chi connectivity index (χ3n) is 3.21. The maximum absolute atomic E-state index is 12.5. The summed E-state index contributed by atoms with van der Waals surface area (Å²) in [5, 5.41) is 0. The summed E-state index contributed by atoms with van der Waals surface area (Å²) in [5.74, 6) is 1.40. The van der Waals surface area contributed by atoms with E-state index in [1.807, 2.05) is 49.5 Å². The van der Waals surface area contributed by atoms with Crippen LogP contribution in [-0.4, -0.2) is 31.4 Å². The molecular weight excluding hydrogens is 274 g/mol. The van der Waals surface area contributed by atoms with Crippen LogP contribution in [0.3, 0.4) is 0 Å². The number of unbranched alkanes of at least 4 members (excludes halogenated alkanes) is 1. The van der Waals surface area contributed by atoms with Crippen LogP contribution in [0.4, 0.5) is 0 Å². The second-order valence-electron chi connectivity index (χ2n) is 6.25. The van der Waals surface area contributed by atoms with Gasteiger partial charge in [-0.1, -0.05) is 39.3 Å². The normalized spacial score (nSPS) is 11.6. The van der Waals surface area contributed by atoms with Crippen molar-refractivity contribution in [2.75, 3.05) is 20.7 Å². The highest BCUT2D eigenvalue weighted by atomic mass is 16.5. The van der Waals surface area contributed by atoms with Crippen molar-refractivity contribution in [3.8, 4) is 5.75 Å². The van der Waals surface area contributed by atoms with Gasteiger partial charge in [-0.2, -0.15) is 0 Å².